The van der Waals surface area contributed by atoms with Crippen molar-refractivity contribution < 1.29 is 19.7 Å². The SMILES string of the molecule is COc1ccc(CCC2CCC(CCc3ccc(OC)cc3)N2C[C@@H](O)CO)cc1.Cl. The van der Waals surface area contributed by atoms with Crippen LogP contribution in [0.15, 0.2) is 48.5 Å². The van der Waals surface area contributed by atoms with Gasteiger partial charge in [-0.15, -0.1) is 12.4 Å². The molecule has 0 saturated carbocycles. The molecule has 2 aromatic carbocycles. The van der Waals surface area contributed by atoms with Crippen LogP contribution in [0.2, 0.25) is 0 Å². The van der Waals surface area contributed by atoms with Gasteiger partial charge in [-0.3, -0.25) is 4.90 Å². The van der Waals surface area contributed by atoms with Crippen molar-refractivity contribution >= 4 is 12.4 Å². The molecule has 2 aromatic rings. The van der Waals surface area contributed by atoms with Gasteiger partial charge in [-0.1, -0.05) is 24.3 Å². The summed E-state index contributed by atoms with van der Waals surface area (Å²) >= 11 is 0. The van der Waals surface area contributed by atoms with E-state index in [9.17, 15) is 10.2 Å². The number of likely N-dealkylation sites (tertiary alicyclic amines) is 1. The highest BCUT2D eigenvalue weighted by Gasteiger charge is 2.33. The summed E-state index contributed by atoms with van der Waals surface area (Å²) in [5, 5.41) is 19.5. The summed E-state index contributed by atoms with van der Waals surface area (Å²) in [6, 6.07) is 17.4. The fraction of sp³-hybridized carbons (Fsp3) is 0.520. The number of aliphatic hydroxyl groups is 2. The molecule has 3 atom stereocenters. The summed E-state index contributed by atoms with van der Waals surface area (Å²) in [5.41, 5.74) is 2.61. The molecule has 2 unspecified atom stereocenters. The molecule has 2 N–H and O–H groups in total. The van der Waals surface area contributed by atoms with E-state index < -0.39 is 6.10 Å². The lowest BCUT2D eigenvalue weighted by Gasteiger charge is -2.32. The monoisotopic (exact) mass is 449 g/mol. The van der Waals surface area contributed by atoms with Crippen molar-refractivity contribution in [2.45, 2.75) is 56.7 Å². The minimum Gasteiger partial charge on any atom is -0.497 e. The van der Waals surface area contributed by atoms with Gasteiger partial charge in [0, 0.05) is 18.6 Å². The molecule has 31 heavy (non-hydrogen) atoms. The number of halogens is 1. The first-order valence-corrected chi connectivity index (χ1v) is 10.9. The molecule has 1 fully saturated rings. The second kappa shape index (κ2) is 12.9. The molecule has 1 saturated heterocycles. The molecule has 6 heteroatoms. The van der Waals surface area contributed by atoms with Crippen molar-refractivity contribution in [3.8, 4) is 11.5 Å². The van der Waals surface area contributed by atoms with Crippen LogP contribution in [0.5, 0.6) is 11.5 Å². The van der Waals surface area contributed by atoms with Crippen LogP contribution in [0.3, 0.4) is 0 Å². The first-order valence-electron chi connectivity index (χ1n) is 10.9. The van der Waals surface area contributed by atoms with E-state index in [1.54, 1.807) is 14.2 Å². The number of β-amino-alcohol motifs (C(OH)–C–C–N with tert-alkyl or cyclic N) is 1. The largest absolute Gasteiger partial charge is 0.497 e. The van der Waals surface area contributed by atoms with Crippen LogP contribution in [0, 0.1) is 0 Å². The topological polar surface area (TPSA) is 62.2 Å². The van der Waals surface area contributed by atoms with Gasteiger partial charge in [0.1, 0.15) is 11.5 Å². The third-order valence-corrected chi connectivity index (χ3v) is 6.25. The molecular weight excluding hydrogens is 414 g/mol. The fourth-order valence-electron chi connectivity index (χ4n) is 4.49. The molecule has 0 amide bonds. The van der Waals surface area contributed by atoms with Crippen molar-refractivity contribution in [3.05, 3.63) is 59.7 Å². The molecule has 0 spiro atoms. The quantitative estimate of drug-likeness (QED) is 0.545. The van der Waals surface area contributed by atoms with Gasteiger partial charge < -0.3 is 19.7 Å². The summed E-state index contributed by atoms with van der Waals surface area (Å²) in [7, 11) is 3.37. The van der Waals surface area contributed by atoms with Crippen LogP contribution in [0.25, 0.3) is 0 Å². The molecule has 0 radical (unpaired) electrons. The Morgan fingerprint density at radius 3 is 1.61 bits per heavy atom. The van der Waals surface area contributed by atoms with Crippen LogP contribution < -0.4 is 9.47 Å². The number of aryl methyl sites for hydroxylation is 2. The van der Waals surface area contributed by atoms with Crippen LogP contribution in [-0.2, 0) is 12.8 Å². The van der Waals surface area contributed by atoms with E-state index >= 15 is 0 Å². The van der Waals surface area contributed by atoms with E-state index in [2.05, 4.69) is 29.2 Å². The Hall–Kier alpha value is -1.79. The lowest BCUT2D eigenvalue weighted by molar-refractivity contribution is 0.0393. The maximum Gasteiger partial charge on any atom is 0.118 e. The number of benzene rings is 2. The normalized spacial score (nSPS) is 19.6. The number of ether oxygens (including phenoxy) is 2. The lowest BCUT2D eigenvalue weighted by Crippen LogP contribution is -2.42. The summed E-state index contributed by atoms with van der Waals surface area (Å²) in [5.74, 6) is 1.76. The van der Waals surface area contributed by atoms with Crippen LogP contribution >= 0.6 is 12.4 Å². The Bertz CT molecular complexity index is 694. The molecule has 172 valence electrons. The molecule has 1 heterocycles. The smallest absolute Gasteiger partial charge is 0.118 e. The maximum absolute atomic E-state index is 10.1. The number of nitrogens with zero attached hydrogens (tertiary/aromatic N) is 1. The number of methoxy groups -OCH3 is 2. The van der Waals surface area contributed by atoms with Crippen LogP contribution in [0.4, 0.5) is 0 Å². The van der Waals surface area contributed by atoms with E-state index in [0.29, 0.717) is 18.6 Å². The Morgan fingerprint density at radius 1 is 0.839 bits per heavy atom. The van der Waals surface area contributed by atoms with Gasteiger partial charge in [0.15, 0.2) is 0 Å². The first-order chi connectivity index (χ1) is 14.6. The Kier molecular flexibility index (Phi) is 10.6. The summed E-state index contributed by atoms with van der Waals surface area (Å²) in [6.07, 6.45) is 5.72. The van der Waals surface area contributed by atoms with Crippen molar-refractivity contribution in [2.24, 2.45) is 0 Å². The highest BCUT2D eigenvalue weighted by atomic mass is 35.5. The summed E-state index contributed by atoms with van der Waals surface area (Å²) in [4.78, 5) is 2.44. The van der Waals surface area contributed by atoms with Gasteiger partial charge >= 0.3 is 0 Å². The first kappa shape index (κ1) is 25.5. The number of hydrogen-bond donors (Lipinski definition) is 2. The van der Waals surface area contributed by atoms with Gasteiger partial charge in [-0.2, -0.15) is 0 Å². The molecule has 0 aromatic heterocycles. The molecule has 3 rings (SSSR count). The van der Waals surface area contributed by atoms with Crippen LogP contribution in [-0.4, -0.2) is 60.7 Å². The van der Waals surface area contributed by atoms with Crippen LogP contribution in [0.1, 0.15) is 36.8 Å². The minimum atomic E-state index is -0.685. The zero-order chi connectivity index (χ0) is 21.3. The standard InChI is InChI=1S/C25H35NO4.ClH/c1-29-24-13-5-19(6-14-24)3-9-21-11-12-22(26(21)17-23(28)18-27)10-4-20-7-15-25(30-2)16-8-20;/h5-8,13-16,21-23,27-28H,3-4,9-12,17-18H2,1-2H3;1H/t21?,22?,23-;/m1./s1. The second-order valence-electron chi connectivity index (χ2n) is 8.19. The third-order valence-electron chi connectivity index (χ3n) is 6.25. The van der Waals surface area contributed by atoms with Gasteiger partial charge in [0.05, 0.1) is 26.9 Å². The zero-order valence-corrected chi connectivity index (χ0v) is 19.4. The van der Waals surface area contributed by atoms with E-state index in [4.69, 9.17) is 9.47 Å². The highest BCUT2D eigenvalue weighted by Crippen LogP contribution is 2.31. The lowest BCUT2D eigenvalue weighted by atomic mass is 10.0. The molecule has 1 aliphatic rings. The predicted octanol–water partition coefficient (Wildman–Crippen LogP) is 3.88. The Labute approximate surface area is 192 Å². The van der Waals surface area contributed by atoms with E-state index in [1.165, 1.54) is 11.1 Å². The summed E-state index contributed by atoms with van der Waals surface area (Å²) < 4.78 is 10.5. The molecule has 0 aliphatic carbocycles. The molecule has 0 bridgehead atoms. The van der Waals surface area contributed by atoms with Crippen molar-refractivity contribution in [2.75, 3.05) is 27.4 Å². The van der Waals surface area contributed by atoms with E-state index in [0.717, 1.165) is 50.0 Å². The fourth-order valence-corrected chi connectivity index (χ4v) is 4.49. The molecule has 5 nitrogen and oxygen atoms in total. The maximum atomic E-state index is 10.1. The molecular formula is C25H36ClNO4. The van der Waals surface area contributed by atoms with Crippen molar-refractivity contribution in [1.29, 1.82) is 0 Å². The molecule has 1 aliphatic heterocycles. The van der Waals surface area contributed by atoms with Gasteiger partial charge in [-0.05, 0) is 73.9 Å². The van der Waals surface area contributed by atoms with E-state index in [1.807, 2.05) is 24.3 Å². The van der Waals surface area contributed by atoms with Crippen molar-refractivity contribution in [1.82, 2.24) is 4.90 Å². The van der Waals surface area contributed by atoms with E-state index in [-0.39, 0.29) is 19.0 Å². The third kappa shape index (κ3) is 7.39. The van der Waals surface area contributed by atoms with Gasteiger partial charge in [0.2, 0.25) is 0 Å². The zero-order valence-electron chi connectivity index (χ0n) is 18.6. The average molecular weight is 450 g/mol. The Morgan fingerprint density at radius 2 is 1.26 bits per heavy atom. The second-order valence-corrected chi connectivity index (χ2v) is 8.19. The highest BCUT2D eigenvalue weighted by molar-refractivity contribution is 5.85. The number of hydrogen-bond acceptors (Lipinski definition) is 5. The van der Waals surface area contributed by atoms with Gasteiger partial charge in [0.25, 0.3) is 0 Å². The van der Waals surface area contributed by atoms with Crippen molar-refractivity contribution in [3.63, 3.8) is 0 Å². The number of aliphatic hydroxyl groups excluding tert-OH is 2. The Balaban J connectivity index is 0.00000341. The minimum absolute atomic E-state index is 0. The summed E-state index contributed by atoms with van der Waals surface area (Å²) in [6.45, 7) is 0.351. The average Bonchev–Trinajstić information content (AvgIpc) is 3.18. The van der Waals surface area contributed by atoms with Gasteiger partial charge in [-0.25, -0.2) is 0 Å². The number of rotatable bonds is 11. The predicted molar refractivity (Wildman–Crippen MR) is 126 cm³/mol.